The molecular weight excluding hydrogens is 284 g/mol. The van der Waals surface area contributed by atoms with Crippen molar-refractivity contribution in [3.63, 3.8) is 0 Å². The van der Waals surface area contributed by atoms with Crippen LogP contribution in [-0.4, -0.2) is 28.7 Å². The number of fused-ring (bicyclic) bond motifs is 2. The van der Waals surface area contributed by atoms with E-state index in [1.807, 2.05) is 0 Å². The van der Waals surface area contributed by atoms with E-state index in [-0.39, 0.29) is 6.10 Å². The lowest BCUT2D eigenvalue weighted by Gasteiger charge is -2.16. The number of nitrogens with zero attached hydrogens (tertiary/aromatic N) is 2. The number of thioether (sulfide) groups is 1. The molecule has 5 heteroatoms. The summed E-state index contributed by atoms with van der Waals surface area (Å²) in [6.45, 7) is 2.83. The van der Waals surface area contributed by atoms with E-state index >= 15 is 0 Å². The Balaban J connectivity index is 1.50. The van der Waals surface area contributed by atoms with Gasteiger partial charge in [-0.3, -0.25) is 0 Å². The van der Waals surface area contributed by atoms with Crippen molar-refractivity contribution in [1.82, 2.24) is 10.2 Å². The van der Waals surface area contributed by atoms with Crippen LogP contribution in [0.5, 0.6) is 11.6 Å². The average molecular weight is 300 g/mol. The minimum Gasteiger partial charge on any atom is -0.489 e. The predicted molar refractivity (Wildman–Crippen MR) is 81.3 cm³/mol. The van der Waals surface area contributed by atoms with Crippen molar-refractivity contribution in [1.29, 1.82) is 0 Å². The molecule has 108 valence electrons. The third-order valence-corrected chi connectivity index (χ3v) is 4.73. The summed E-state index contributed by atoms with van der Waals surface area (Å²) in [5.74, 6) is 2.65. The minimum absolute atomic E-state index is 0.156. The maximum atomic E-state index is 6.00. The largest absolute Gasteiger partial charge is 0.489 e. The number of ether oxygens (including phenoxy) is 2. The third-order valence-electron chi connectivity index (χ3n) is 3.75. The molecule has 4 nitrogen and oxygen atoms in total. The van der Waals surface area contributed by atoms with Gasteiger partial charge in [-0.1, -0.05) is 17.7 Å². The summed E-state index contributed by atoms with van der Waals surface area (Å²) in [7, 11) is 0. The van der Waals surface area contributed by atoms with E-state index in [1.165, 1.54) is 11.1 Å². The molecule has 0 spiro atoms. The zero-order chi connectivity index (χ0) is 14.2. The molecule has 0 fully saturated rings. The van der Waals surface area contributed by atoms with Crippen molar-refractivity contribution in [2.45, 2.75) is 30.8 Å². The number of aromatic nitrogens is 2. The normalized spacial score (nSPS) is 19.4. The SMILES string of the molecule is Cc1ccc2c(c1)CC(Cc1cc3c(nn1)OCCS3)O2. The Hall–Kier alpha value is -1.75. The molecule has 4 rings (SSSR count). The van der Waals surface area contributed by atoms with Crippen LogP contribution < -0.4 is 9.47 Å². The topological polar surface area (TPSA) is 44.2 Å². The van der Waals surface area contributed by atoms with Gasteiger partial charge in [0.15, 0.2) is 0 Å². The molecule has 0 amide bonds. The Morgan fingerprint density at radius 2 is 2.24 bits per heavy atom. The molecule has 1 aromatic carbocycles. The summed E-state index contributed by atoms with van der Waals surface area (Å²) in [5, 5.41) is 8.44. The lowest BCUT2D eigenvalue weighted by Crippen LogP contribution is -2.18. The Kier molecular flexibility index (Phi) is 3.22. The molecule has 2 aliphatic heterocycles. The van der Waals surface area contributed by atoms with Gasteiger partial charge >= 0.3 is 0 Å². The van der Waals surface area contributed by atoms with Crippen LogP contribution in [0.1, 0.15) is 16.8 Å². The van der Waals surface area contributed by atoms with Crippen molar-refractivity contribution in [3.8, 4) is 11.6 Å². The van der Waals surface area contributed by atoms with Crippen LogP contribution in [0.25, 0.3) is 0 Å². The smallest absolute Gasteiger partial charge is 0.247 e. The first kappa shape index (κ1) is 13.0. The molecule has 1 atom stereocenters. The maximum absolute atomic E-state index is 6.00. The van der Waals surface area contributed by atoms with Crippen molar-refractivity contribution < 1.29 is 9.47 Å². The van der Waals surface area contributed by atoms with Gasteiger partial charge in [0.05, 0.1) is 17.2 Å². The molecule has 0 saturated heterocycles. The van der Waals surface area contributed by atoms with Gasteiger partial charge in [-0.25, -0.2) is 0 Å². The highest BCUT2D eigenvalue weighted by atomic mass is 32.2. The van der Waals surface area contributed by atoms with Crippen LogP contribution in [0, 0.1) is 6.92 Å². The second-order valence-electron chi connectivity index (χ2n) is 5.46. The molecule has 21 heavy (non-hydrogen) atoms. The van der Waals surface area contributed by atoms with Crippen LogP contribution in [0.4, 0.5) is 0 Å². The molecule has 2 aromatic rings. The quantitative estimate of drug-likeness (QED) is 0.853. The van der Waals surface area contributed by atoms with Crippen LogP contribution in [0.3, 0.4) is 0 Å². The fourth-order valence-electron chi connectivity index (χ4n) is 2.79. The highest BCUT2D eigenvalue weighted by Crippen LogP contribution is 2.33. The third kappa shape index (κ3) is 2.58. The first-order chi connectivity index (χ1) is 10.3. The van der Waals surface area contributed by atoms with Gasteiger partial charge in [0.2, 0.25) is 5.88 Å². The zero-order valence-corrected chi connectivity index (χ0v) is 12.7. The summed E-state index contributed by atoms with van der Waals surface area (Å²) >= 11 is 1.78. The summed E-state index contributed by atoms with van der Waals surface area (Å²) in [4.78, 5) is 1.10. The monoisotopic (exact) mass is 300 g/mol. The first-order valence-corrected chi connectivity index (χ1v) is 8.15. The van der Waals surface area contributed by atoms with Gasteiger partial charge in [0, 0.05) is 18.6 Å². The molecular formula is C16H16N2O2S. The summed E-state index contributed by atoms with van der Waals surface area (Å²) in [6.07, 6.45) is 1.89. The Morgan fingerprint density at radius 3 is 3.19 bits per heavy atom. The highest BCUT2D eigenvalue weighted by molar-refractivity contribution is 7.99. The average Bonchev–Trinajstić information content (AvgIpc) is 2.88. The minimum atomic E-state index is 0.156. The molecule has 0 radical (unpaired) electrons. The van der Waals surface area contributed by atoms with E-state index in [0.717, 1.165) is 34.9 Å². The van der Waals surface area contributed by atoms with Gasteiger partial charge in [-0.05, 0) is 24.6 Å². The van der Waals surface area contributed by atoms with E-state index in [9.17, 15) is 0 Å². The molecule has 1 unspecified atom stereocenters. The van der Waals surface area contributed by atoms with E-state index in [1.54, 1.807) is 11.8 Å². The second-order valence-corrected chi connectivity index (χ2v) is 6.60. The number of hydrogen-bond acceptors (Lipinski definition) is 5. The number of hydrogen-bond donors (Lipinski definition) is 0. The molecule has 3 heterocycles. The van der Waals surface area contributed by atoms with Crippen molar-refractivity contribution >= 4 is 11.8 Å². The standard InChI is InChI=1S/C16H16N2O2S/c1-10-2-3-14-11(6-10)7-13(20-14)8-12-9-15-16(18-17-12)19-4-5-21-15/h2-3,6,9,13H,4-5,7-8H2,1H3. The molecule has 2 aliphatic rings. The molecule has 1 aromatic heterocycles. The van der Waals surface area contributed by atoms with Gasteiger partial charge < -0.3 is 9.47 Å². The van der Waals surface area contributed by atoms with Crippen LogP contribution in [-0.2, 0) is 12.8 Å². The van der Waals surface area contributed by atoms with Crippen molar-refractivity contribution in [3.05, 3.63) is 41.1 Å². The van der Waals surface area contributed by atoms with Crippen LogP contribution >= 0.6 is 11.8 Å². The van der Waals surface area contributed by atoms with Crippen LogP contribution in [0.2, 0.25) is 0 Å². The lowest BCUT2D eigenvalue weighted by molar-refractivity contribution is 0.230. The molecule has 0 N–H and O–H groups in total. The van der Waals surface area contributed by atoms with E-state index in [0.29, 0.717) is 12.5 Å². The van der Waals surface area contributed by atoms with Gasteiger partial charge in [-0.15, -0.1) is 16.9 Å². The molecule has 0 bridgehead atoms. The van der Waals surface area contributed by atoms with Crippen LogP contribution in [0.15, 0.2) is 29.2 Å². The first-order valence-electron chi connectivity index (χ1n) is 7.16. The summed E-state index contributed by atoms with van der Waals surface area (Å²) < 4.78 is 11.5. The van der Waals surface area contributed by atoms with Crippen molar-refractivity contribution in [2.75, 3.05) is 12.4 Å². The zero-order valence-electron chi connectivity index (χ0n) is 11.8. The summed E-state index contributed by atoms with van der Waals surface area (Å²) in [5.41, 5.74) is 3.55. The van der Waals surface area contributed by atoms with E-state index in [4.69, 9.17) is 9.47 Å². The number of aryl methyl sites for hydroxylation is 1. The Bertz CT molecular complexity index is 690. The number of rotatable bonds is 2. The predicted octanol–water partition coefficient (Wildman–Crippen LogP) is 2.82. The fraction of sp³-hybridized carbons (Fsp3) is 0.375. The molecule has 0 saturated carbocycles. The second kappa shape index (κ2) is 5.22. The Labute approximate surface area is 127 Å². The Morgan fingerprint density at radius 1 is 1.29 bits per heavy atom. The lowest BCUT2D eigenvalue weighted by atomic mass is 10.0. The van der Waals surface area contributed by atoms with Gasteiger partial charge in [0.1, 0.15) is 11.9 Å². The van der Waals surface area contributed by atoms with Crippen molar-refractivity contribution in [2.24, 2.45) is 0 Å². The fourth-order valence-corrected chi connectivity index (χ4v) is 3.62. The van der Waals surface area contributed by atoms with E-state index < -0.39 is 0 Å². The maximum Gasteiger partial charge on any atom is 0.247 e. The van der Waals surface area contributed by atoms with E-state index in [2.05, 4.69) is 41.4 Å². The van der Waals surface area contributed by atoms with Gasteiger partial charge in [-0.2, -0.15) is 5.10 Å². The van der Waals surface area contributed by atoms with Gasteiger partial charge in [0.25, 0.3) is 0 Å². The highest BCUT2D eigenvalue weighted by Gasteiger charge is 2.24. The molecule has 0 aliphatic carbocycles. The summed E-state index contributed by atoms with van der Waals surface area (Å²) in [6, 6.07) is 8.45. The number of benzene rings is 1.